The average molecular weight is 415 g/mol. The van der Waals surface area contributed by atoms with Crippen LogP contribution in [0.5, 0.6) is 0 Å². The van der Waals surface area contributed by atoms with E-state index in [2.05, 4.69) is 4.99 Å². The summed E-state index contributed by atoms with van der Waals surface area (Å²) < 4.78 is 45.1. The highest BCUT2D eigenvalue weighted by molar-refractivity contribution is 6.23. The van der Waals surface area contributed by atoms with E-state index < -0.39 is 24.1 Å². The first-order valence-electron chi connectivity index (χ1n) is 8.59. The Balaban J connectivity index is 2.18. The van der Waals surface area contributed by atoms with Crippen LogP contribution in [0.1, 0.15) is 32.6 Å². The van der Waals surface area contributed by atoms with Crippen LogP contribution in [0.25, 0.3) is 0 Å². The maximum absolute atomic E-state index is 13.4. The number of amides is 1. The molecule has 2 atom stereocenters. The number of alkyl halides is 5. The van der Waals surface area contributed by atoms with Gasteiger partial charge in [-0.1, -0.05) is 0 Å². The lowest BCUT2D eigenvalue weighted by molar-refractivity contribution is -0.129. The van der Waals surface area contributed by atoms with Gasteiger partial charge in [0.1, 0.15) is 0 Å². The molecular formula is C17H23Cl2F3N2O2. The quantitative estimate of drug-likeness (QED) is 0.648. The Morgan fingerprint density at radius 1 is 1.27 bits per heavy atom. The maximum atomic E-state index is 13.4. The van der Waals surface area contributed by atoms with Gasteiger partial charge in [0.25, 0.3) is 5.91 Å². The molecule has 0 N–H and O–H groups in total. The molecule has 0 spiro atoms. The van der Waals surface area contributed by atoms with Crippen molar-refractivity contribution in [3.05, 3.63) is 11.1 Å². The number of ether oxygens (including phenoxy) is 1. The zero-order valence-electron chi connectivity index (χ0n) is 14.8. The fraction of sp³-hybridized carbons (Fsp3) is 0.765. The molecule has 2 unspecified atom stereocenters. The summed E-state index contributed by atoms with van der Waals surface area (Å²) in [7, 11) is 1.27. The smallest absolute Gasteiger partial charge is 0.413 e. The molecular weight excluding hydrogens is 392 g/mol. The number of halogens is 5. The van der Waals surface area contributed by atoms with Crippen LogP contribution in [-0.4, -0.2) is 60.4 Å². The zero-order valence-corrected chi connectivity index (χ0v) is 16.3. The van der Waals surface area contributed by atoms with E-state index in [0.717, 1.165) is 0 Å². The normalized spacial score (nSPS) is 27.2. The number of dihydropyridines is 1. The molecule has 1 saturated carbocycles. The monoisotopic (exact) mass is 414 g/mol. The van der Waals surface area contributed by atoms with Gasteiger partial charge in [-0.25, -0.2) is 0 Å². The van der Waals surface area contributed by atoms with E-state index in [0.29, 0.717) is 32.4 Å². The standard InChI is InChI=1S/C17H23Cl2F3N2O2/c1-3-24(9-10-4-11(18)6-12(19)5-10)16(25)13-8-23-15(26-2)7-14(13)17(20,21)22/h10-12H,3-9H2,1-2H3. The highest BCUT2D eigenvalue weighted by atomic mass is 35.5. The Kier molecular flexibility index (Phi) is 7.25. The molecule has 9 heteroatoms. The molecule has 4 nitrogen and oxygen atoms in total. The molecule has 1 aliphatic carbocycles. The van der Waals surface area contributed by atoms with Gasteiger partial charge in [0.05, 0.1) is 25.6 Å². The second kappa shape index (κ2) is 8.83. The van der Waals surface area contributed by atoms with Crippen molar-refractivity contribution in [2.24, 2.45) is 10.9 Å². The Labute approximate surface area is 161 Å². The average Bonchev–Trinajstić information content (AvgIpc) is 2.57. The molecule has 148 valence electrons. The van der Waals surface area contributed by atoms with Gasteiger partial charge < -0.3 is 9.64 Å². The van der Waals surface area contributed by atoms with Crippen molar-refractivity contribution in [1.29, 1.82) is 0 Å². The lowest BCUT2D eigenvalue weighted by atomic mass is 9.88. The summed E-state index contributed by atoms with van der Waals surface area (Å²) in [6.07, 6.45) is -3.01. The van der Waals surface area contributed by atoms with Crippen LogP contribution in [0.15, 0.2) is 16.1 Å². The minimum absolute atomic E-state index is 0.0147. The second-order valence-corrected chi connectivity index (χ2v) is 7.89. The summed E-state index contributed by atoms with van der Waals surface area (Å²) in [5.74, 6) is -0.560. The summed E-state index contributed by atoms with van der Waals surface area (Å²) in [6, 6.07) is 0. The first-order valence-corrected chi connectivity index (χ1v) is 9.46. The fourth-order valence-corrected chi connectivity index (χ4v) is 4.50. The van der Waals surface area contributed by atoms with Gasteiger partial charge in [-0.2, -0.15) is 13.2 Å². The predicted octanol–water partition coefficient (Wildman–Crippen LogP) is 4.16. The van der Waals surface area contributed by atoms with Crippen LogP contribution in [0.2, 0.25) is 0 Å². The van der Waals surface area contributed by atoms with Gasteiger partial charge in [-0.15, -0.1) is 23.2 Å². The molecule has 1 heterocycles. The van der Waals surface area contributed by atoms with E-state index in [1.54, 1.807) is 6.92 Å². The van der Waals surface area contributed by atoms with Crippen LogP contribution in [-0.2, 0) is 9.53 Å². The summed E-state index contributed by atoms with van der Waals surface area (Å²) in [4.78, 5) is 18.2. The molecule has 1 fully saturated rings. The van der Waals surface area contributed by atoms with Crippen molar-refractivity contribution in [2.45, 2.75) is 49.5 Å². The Morgan fingerprint density at radius 2 is 1.88 bits per heavy atom. The molecule has 0 aromatic carbocycles. The predicted molar refractivity (Wildman–Crippen MR) is 95.9 cm³/mol. The fourth-order valence-electron chi connectivity index (χ4n) is 3.48. The van der Waals surface area contributed by atoms with Crippen molar-refractivity contribution < 1.29 is 22.7 Å². The summed E-state index contributed by atoms with van der Waals surface area (Å²) in [5.41, 5.74) is -1.18. The summed E-state index contributed by atoms with van der Waals surface area (Å²) in [5, 5.41) is -0.142. The Morgan fingerprint density at radius 3 is 2.38 bits per heavy atom. The van der Waals surface area contributed by atoms with E-state index in [1.807, 2.05) is 0 Å². The van der Waals surface area contributed by atoms with Gasteiger partial charge >= 0.3 is 6.18 Å². The maximum Gasteiger partial charge on any atom is 0.413 e. The lowest BCUT2D eigenvalue weighted by Crippen LogP contribution is -2.41. The van der Waals surface area contributed by atoms with Crippen LogP contribution < -0.4 is 0 Å². The van der Waals surface area contributed by atoms with Crippen LogP contribution >= 0.6 is 23.2 Å². The summed E-state index contributed by atoms with van der Waals surface area (Å²) >= 11 is 12.4. The molecule has 0 aromatic rings. The van der Waals surface area contributed by atoms with E-state index in [1.165, 1.54) is 12.0 Å². The molecule has 1 amide bonds. The highest BCUT2D eigenvalue weighted by Crippen LogP contribution is 2.35. The first-order chi connectivity index (χ1) is 12.2. The second-order valence-electron chi connectivity index (χ2n) is 6.66. The van der Waals surface area contributed by atoms with E-state index >= 15 is 0 Å². The third-order valence-corrected chi connectivity index (χ3v) is 5.49. The largest absolute Gasteiger partial charge is 0.484 e. The van der Waals surface area contributed by atoms with Crippen LogP contribution in [0.3, 0.4) is 0 Å². The van der Waals surface area contributed by atoms with Gasteiger partial charge in [0, 0.05) is 29.4 Å². The number of methoxy groups -OCH3 is 1. The minimum Gasteiger partial charge on any atom is -0.484 e. The van der Waals surface area contributed by atoms with E-state index in [-0.39, 0.29) is 34.7 Å². The SMILES string of the molecule is CCN(CC1CC(Cl)CC(Cl)C1)C(=O)C1=C(C(F)(F)F)CC(OC)=NC1. The number of hydrogen-bond donors (Lipinski definition) is 0. The molecule has 1 aliphatic heterocycles. The number of carbonyl (C=O) groups excluding carboxylic acids is 1. The first kappa shape index (κ1) is 21.4. The Hall–Kier alpha value is -0.950. The minimum atomic E-state index is -4.60. The highest BCUT2D eigenvalue weighted by Gasteiger charge is 2.41. The van der Waals surface area contributed by atoms with E-state index in [9.17, 15) is 18.0 Å². The topological polar surface area (TPSA) is 41.9 Å². The molecule has 2 rings (SSSR count). The van der Waals surface area contributed by atoms with Crippen molar-refractivity contribution in [2.75, 3.05) is 26.7 Å². The molecule has 0 radical (unpaired) electrons. The zero-order chi connectivity index (χ0) is 19.5. The van der Waals surface area contributed by atoms with Gasteiger partial charge in [-0.3, -0.25) is 9.79 Å². The number of hydrogen-bond acceptors (Lipinski definition) is 3. The lowest BCUT2D eigenvalue weighted by Gasteiger charge is -2.34. The summed E-state index contributed by atoms with van der Waals surface area (Å²) in [6.45, 7) is 2.08. The van der Waals surface area contributed by atoms with Gasteiger partial charge in [0.15, 0.2) is 5.90 Å². The third-order valence-electron chi connectivity index (χ3n) is 4.78. The third kappa shape index (κ3) is 5.28. The molecule has 0 saturated heterocycles. The number of carbonyl (C=O) groups is 1. The molecule has 0 bridgehead atoms. The number of likely N-dealkylation sites (N-methyl/N-ethyl adjacent to an activating group) is 1. The van der Waals surface area contributed by atoms with Crippen molar-refractivity contribution >= 4 is 35.0 Å². The molecule has 2 aliphatic rings. The molecule has 0 aromatic heterocycles. The van der Waals surface area contributed by atoms with Gasteiger partial charge in [0.2, 0.25) is 0 Å². The van der Waals surface area contributed by atoms with Gasteiger partial charge in [-0.05, 0) is 32.1 Å². The van der Waals surface area contributed by atoms with Crippen molar-refractivity contribution in [3.8, 4) is 0 Å². The van der Waals surface area contributed by atoms with Crippen LogP contribution in [0, 0.1) is 5.92 Å². The molecule has 26 heavy (non-hydrogen) atoms. The van der Waals surface area contributed by atoms with Crippen LogP contribution in [0.4, 0.5) is 13.2 Å². The van der Waals surface area contributed by atoms with E-state index in [4.69, 9.17) is 27.9 Å². The van der Waals surface area contributed by atoms with Crippen molar-refractivity contribution in [3.63, 3.8) is 0 Å². The number of rotatable bonds is 4. The van der Waals surface area contributed by atoms with Crippen molar-refractivity contribution in [1.82, 2.24) is 4.90 Å². The Bertz CT molecular complexity index is 583. The number of nitrogens with zero attached hydrogens (tertiary/aromatic N) is 2. The number of aliphatic imine (C=N–C) groups is 1.